The Morgan fingerprint density at radius 1 is 1.29 bits per heavy atom. The highest BCUT2D eigenvalue weighted by Gasteiger charge is 2.37. The number of hydrogen-bond acceptors (Lipinski definition) is 3. The molecule has 5 heteroatoms. The van der Waals surface area contributed by atoms with E-state index in [-0.39, 0.29) is 5.75 Å². The Hall–Kier alpha value is -1.38. The van der Waals surface area contributed by atoms with Crippen LogP contribution in [-0.4, -0.2) is 19.7 Å². The number of nitrogens with zero attached hydrogens (tertiary/aromatic N) is 1. The lowest BCUT2D eigenvalue weighted by atomic mass is 9.79. The lowest BCUT2D eigenvalue weighted by Crippen LogP contribution is -2.50. The molecular formula is C16H22N2O2S. The van der Waals surface area contributed by atoms with Crippen molar-refractivity contribution in [2.24, 2.45) is 5.92 Å². The lowest BCUT2D eigenvalue weighted by molar-refractivity contribution is 0.278. The summed E-state index contributed by atoms with van der Waals surface area (Å²) in [5.41, 5.74) is 0.0910. The molecule has 1 aromatic rings. The molecule has 0 heterocycles. The molecule has 0 radical (unpaired) electrons. The van der Waals surface area contributed by atoms with Gasteiger partial charge in [-0.25, -0.2) is 8.42 Å². The minimum absolute atomic E-state index is 0.0238. The van der Waals surface area contributed by atoms with Gasteiger partial charge in [0.05, 0.1) is 11.8 Å². The van der Waals surface area contributed by atoms with Crippen LogP contribution >= 0.6 is 0 Å². The van der Waals surface area contributed by atoms with Gasteiger partial charge in [-0.15, -0.1) is 0 Å². The Kier molecular flexibility index (Phi) is 5.02. The Morgan fingerprint density at radius 2 is 1.90 bits per heavy atom. The predicted molar refractivity (Wildman–Crippen MR) is 83.0 cm³/mol. The highest BCUT2D eigenvalue weighted by molar-refractivity contribution is 7.89. The number of hydrogen-bond donors (Lipinski definition) is 1. The van der Waals surface area contributed by atoms with Gasteiger partial charge in [0.1, 0.15) is 5.54 Å². The van der Waals surface area contributed by atoms with Gasteiger partial charge in [-0.05, 0) is 43.6 Å². The maximum atomic E-state index is 12.3. The largest absolute Gasteiger partial charge is 0.213 e. The van der Waals surface area contributed by atoms with Crippen LogP contribution in [0.15, 0.2) is 30.3 Å². The molecule has 1 saturated carbocycles. The first-order valence-electron chi connectivity index (χ1n) is 7.41. The average Bonchev–Trinajstić information content (AvgIpc) is 2.49. The highest BCUT2D eigenvalue weighted by Crippen LogP contribution is 2.32. The minimum Gasteiger partial charge on any atom is -0.212 e. The maximum absolute atomic E-state index is 12.3. The van der Waals surface area contributed by atoms with E-state index in [4.69, 9.17) is 0 Å². The van der Waals surface area contributed by atoms with Gasteiger partial charge >= 0.3 is 0 Å². The Morgan fingerprint density at radius 3 is 2.48 bits per heavy atom. The summed E-state index contributed by atoms with van der Waals surface area (Å²) in [6.45, 7) is 2.14. The van der Waals surface area contributed by atoms with Crippen LogP contribution in [0.1, 0.15) is 38.2 Å². The topological polar surface area (TPSA) is 70.0 Å². The van der Waals surface area contributed by atoms with Crippen molar-refractivity contribution in [3.63, 3.8) is 0 Å². The van der Waals surface area contributed by atoms with E-state index in [2.05, 4.69) is 17.7 Å². The van der Waals surface area contributed by atoms with Gasteiger partial charge in [-0.3, -0.25) is 0 Å². The van der Waals surface area contributed by atoms with Crippen molar-refractivity contribution in [3.05, 3.63) is 35.9 Å². The molecule has 0 aliphatic heterocycles. The van der Waals surface area contributed by atoms with E-state index < -0.39 is 15.6 Å². The summed E-state index contributed by atoms with van der Waals surface area (Å²) in [6.07, 6.45) is 3.47. The predicted octanol–water partition coefficient (Wildman–Crippen LogP) is 2.62. The quantitative estimate of drug-likeness (QED) is 0.909. The zero-order valence-electron chi connectivity index (χ0n) is 12.4. The Labute approximate surface area is 127 Å². The van der Waals surface area contributed by atoms with E-state index in [1.165, 1.54) is 0 Å². The molecule has 0 spiro atoms. The fraction of sp³-hybridized carbons (Fsp3) is 0.562. The first-order valence-corrected chi connectivity index (χ1v) is 9.07. The van der Waals surface area contributed by atoms with Gasteiger partial charge in [-0.2, -0.15) is 9.98 Å². The first-order chi connectivity index (χ1) is 9.95. The normalized spacial score (nSPS) is 26.2. The number of nitrogens with one attached hydrogen (secondary N) is 1. The summed E-state index contributed by atoms with van der Waals surface area (Å²) in [5.74, 6) is 0.594. The molecule has 1 N–H and O–H groups in total. The van der Waals surface area contributed by atoms with Crippen LogP contribution in [0.2, 0.25) is 0 Å². The van der Waals surface area contributed by atoms with Gasteiger partial charge in [-0.1, -0.05) is 37.3 Å². The van der Waals surface area contributed by atoms with Crippen molar-refractivity contribution in [1.29, 1.82) is 5.26 Å². The molecule has 1 aliphatic rings. The zero-order chi connectivity index (χ0) is 15.3. The van der Waals surface area contributed by atoms with Gasteiger partial charge in [0.15, 0.2) is 0 Å². The van der Waals surface area contributed by atoms with Gasteiger partial charge in [0.2, 0.25) is 10.0 Å². The second-order valence-electron chi connectivity index (χ2n) is 6.03. The molecule has 114 valence electrons. The fourth-order valence-electron chi connectivity index (χ4n) is 2.74. The number of nitriles is 1. The minimum atomic E-state index is -3.44. The Balaban J connectivity index is 1.98. The first kappa shape index (κ1) is 16.0. The molecule has 0 amide bonds. The average molecular weight is 306 g/mol. The van der Waals surface area contributed by atoms with Gasteiger partial charge in [0, 0.05) is 0 Å². The molecule has 0 atom stereocenters. The molecule has 0 unspecified atom stereocenters. The number of rotatable bonds is 5. The molecular weight excluding hydrogens is 284 g/mol. The smallest absolute Gasteiger partial charge is 0.212 e. The summed E-state index contributed by atoms with van der Waals surface area (Å²) in [5, 5.41) is 9.40. The molecule has 1 aromatic carbocycles. The van der Waals surface area contributed by atoms with E-state index in [9.17, 15) is 13.7 Å². The van der Waals surface area contributed by atoms with Crippen LogP contribution in [0.3, 0.4) is 0 Å². The van der Waals surface area contributed by atoms with E-state index in [1.54, 1.807) is 0 Å². The third-order valence-electron chi connectivity index (χ3n) is 4.20. The third-order valence-corrected chi connectivity index (χ3v) is 5.64. The van der Waals surface area contributed by atoms with E-state index in [1.807, 2.05) is 30.3 Å². The van der Waals surface area contributed by atoms with Crippen LogP contribution in [0.4, 0.5) is 0 Å². The molecule has 0 bridgehead atoms. The highest BCUT2D eigenvalue weighted by atomic mass is 32.2. The molecule has 0 saturated heterocycles. The number of sulfonamides is 1. The molecule has 0 aromatic heterocycles. The standard InChI is InChI=1S/C16H22N2O2S/c1-14-7-10-16(13-17,11-8-14)18-21(19,20)12-9-15-5-3-2-4-6-15/h2-6,14,18H,7-12H2,1H3. The molecule has 1 aliphatic carbocycles. The molecule has 4 nitrogen and oxygen atoms in total. The maximum Gasteiger partial charge on any atom is 0.213 e. The summed E-state index contributed by atoms with van der Waals surface area (Å²) in [7, 11) is -3.44. The zero-order valence-corrected chi connectivity index (χ0v) is 13.2. The molecule has 2 rings (SSSR count). The third kappa shape index (κ3) is 4.55. The van der Waals surface area contributed by atoms with Crippen molar-refractivity contribution in [2.75, 3.05) is 5.75 Å². The van der Waals surface area contributed by atoms with E-state index in [0.29, 0.717) is 25.2 Å². The van der Waals surface area contributed by atoms with Crippen LogP contribution in [0.25, 0.3) is 0 Å². The Bertz CT molecular complexity index is 597. The number of aryl methyl sites for hydroxylation is 1. The van der Waals surface area contributed by atoms with E-state index in [0.717, 1.165) is 18.4 Å². The van der Waals surface area contributed by atoms with Gasteiger partial charge < -0.3 is 0 Å². The van der Waals surface area contributed by atoms with Crippen molar-refractivity contribution in [3.8, 4) is 6.07 Å². The van der Waals surface area contributed by atoms with Crippen LogP contribution in [0.5, 0.6) is 0 Å². The van der Waals surface area contributed by atoms with Crippen molar-refractivity contribution in [2.45, 2.75) is 44.6 Å². The SMILES string of the molecule is CC1CCC(C#N)(NS(=O)(=O)CCc2ccccc2)CC1. The van der Waals surface area contributed by atoms with Crippen molar-refractivity contribution >= 4 is 10.0 Å². The summed E-state index contributed by atoms with van der Waals surface area (Å²) in [6, 6.07) is 11.7. The molecule has 21 heavy (non-hydrogen) atoms. The van der Waals surface area contributed by atoms with Crippen LogP contribution in [-0.2, 0) is 16.4 Å². The van der Waals surface area contributed by atoms with Crippen LogP contribution in [0, 0.1) is 17.2 Å². The molecule has 1 fully saturated rings. The second-order valence-corrected chi connectivity index (χ2v) is 7.87. The summed E-state index contributed by atoms with van der Waals surface area (Å²) < 4.78 is 27.2. The second kappa shape index (κ2) is 6.59. The summed E-state index contributed by atoms with van der Waals surface area (Å²) in [4.78, 5) is 0. The monoisotopic (exact) mass is 306 g/mol. The van der Waals surface area contributed by atoms with Crippen LogP contribution < -0.4 is 4.72 Å². The van der Waals surface area contributed by atoms with Gasteiger partial charge in [0.25, 0.3) is 0 Å². The lowest BCUT2D eigenvalue weighted by Gasteiger charge is -2.34. The summed E-state index contributed by atoms with van der Waals surface area (Å²) >= 11 is 0. The number of benzene rings is 1. The van der Waals surface area contributed by atoms with Crippen molar-refractivity contribution < 1.29 is 8.42 Å². The van der Waals surface area contributed by atoms with E-state index >= 15 is 0 Å². The fourth-order valence-corrected chi connectivity index (χ4v) is 4.19. The van der Waals surface area contributed by atoms with Crippen molar-refractivity contribution in [1.82, 2.24) is 4.72 Å².